The lowest BCUT2D eigenvalue weighted by Crippen LogP contribution is -1.37. The highest BCUT2D eigenvalue weighted by Gasteiger charge is 1.92. The second kappa shape index (κ2) is 0.480. The minimum absolute atomic E-state index is 1.40. The van der Waals surface area contributed by atoms with Gasteiger partial charge in [0.05, 0.1) is 0 Å². The zero-order valence-electron chi connectivity index (χ0n) is 2.91. The van der Waals surface area contributed by atoms with Gasteiger partial charge in [-0.25, -0.2) is 12.8 Å². The SMILES string of the molecule is C[C-]1CC1. The van der Waals surface area contributed by atoms with Crippen molar-refractivity contribution < 1.29 is 0 Å². The van der Waals surface area contributed by atoms with Gasteiger partial charge in [0.15, 0.2) is 0 Å². The third-order valence-corrected chi connectivity index (χ3v) is 0.750. The van der Waals surface area contributed by atoms with Crippen LogP contribution < -0.4 is 0 Å². The van der Waals surface area contributed by atoms with Crippen LogP contribution in [0.3, 0.4) is 0 Å². The third-order valence-electron chi connectivity index (χ3n) is 0.750. The number of hydrogen-bond donors (Lipinski definition) is 0. The Hall–Kier alpha value is 0. The first kappa shape index (κ1) is 2.25. The van der Waals surface area contributed by atoms with Gasteiger partial charge in [0, 0.05) is 0 Å². The van der Waals surface area contributed by atoms with E-state index in [2.05, 4.69) is 6.92 Å². The fraction of sp³-hybridized carbons (Fsp3) is 0.750. The molecule has 1 aliphatic carbocycles. The summed E-state index contributed by atoms with van der Waals surface area (Å²) in [6, 6.07) is 0. The molecule has 0 spiro atoms. The van der Waals surface area contributed by atoms with E-state index in [1.807, 2.05) is 0 Å². The first-order valence-corrected chi connectivity index (χ1v) is 1.71. The standard InChI is InChI=1S/C4H7/c1-4-2-3-4/h2-3H2,1H3/q-1. The molecule has 4 heavy (non-hydrogen) atoms. The van der Waals surface area contributed by atoms with Gasteiger partial charge < -0.3 is 5.92 Å². The van der Waals surface area contributed by atoms with Crippen LogP contribution in [0.15, 0.2) is 0 Å². The highest BCUT2D eigenvalue weighted by molar-refractivity contribution is 4.99. The lowest BCUT2D eigenvalue weighted by atomic mass is 10.5. The first-order valence-electron chi connectivity index (χ1n) is 1.71. The van der Waals surface area contributed by atoms with E-state index in [1.165, 1.54) is 12.8 Å². The van der Waals surface area contributed by atoms with Crippen molar-refractivity contribution in [2.75, 3.05) is 0 Å². The Balaban J connectivity index is 2.17. The Labute approximate surface area is 26.8 Å². The lowest BCUT2D eigenvalue weighted by Gasteiger charge is -1.75. The zero-order valence-corrected chi connectivity index (χ0v) is 2.91. The molecule has 0 N–H and O–H groups in total. The Kier molecular flexibility index (Phi) is 0.270. The molecule has 0 heterocycles. The van der Waals surface area contributed by atoms with Crippen LogP contribution in [0.4, 0.5) is 0 Å². The van der Waals surface area contributed by atoms with E-state index in [4.69, 9.17) is 0 Å². The molecule has 1 saturated carbocycles. The Morgan fingerprint density at radius 1 is 1.50 bits per heavy atom. The average molecular weight is 55.1 g/mol. The maximum Gasteiger partial charge on any atom is -0.189 e. The summed E-state index contributed by atoms with van der Waals surface area (Å²) in [5.74, 6) is 1.67. The second-order valence-electron chi connectivity index (χ2n) is 1.46. The molecule has 0 nitrogen and oxygen atoms in total. The molecular weight excluding hydrogens is 48.0 g/mol. The maximum absolute atomic E-state index is 2.19. The molecule has 0 bridgehead atoms. The topological polar surface area (TPSA) is 0 Å². The second-order valence-corrected chi connectivity index (χ2v) is 1.46. The molecule has 0 saturated heterocycles. The monoisotopic (exact) mass is 55.1 g/mol. The van der Waals surface area contributed by atoms with Gasteiger partial charge in [0.25, 0.3) is 0 Å². The van der Waals surface area contributed by atoms with Crippen molar-refractivity contribution >= 4 is 0 Å². The van der Waals surface area contributed by atoms with E-state index in [0.717, 1.165) is 0 Å². The van der Waals surface area contributed by atoms with Crippen LogP contribution in [0.2, 0.25) is 0 Å². The molecule has 0 atom stereocenters. The summed E-state index contributed by atoms with van der Waals surface area (Å²) in [7, 11) is 0. The summed E-state index contributed by atoms with van der Waals surface area (Å²) in [4.78, 5) is 0. The van der Waals surface area contributed by atoms with Crippen LogP contribution in [-0.2, 0) is 0 Å². The summed E-state index contributed by atoms with van der Waals surface area (Å²) < 4.78 is 0. The fourth-order valence-electron chi connectivity index (χ4n) is 0.125. The van der Waals surface area contributed by atoms with Crippen LogP contribution in [-0.4, -0.2) is 0 Å². The van der Waals surface area contributed by atoms with Gasteiger partial charge in [-0.05, 0) is 0 Å². The quantitative estimate of drug-likeness (QED) is 0.367. The van der Waals surface area contributed by atoms with Gasteiger partial charge in [0.1, 0.15) is 0 Å². The molecule has 1 rings (SSSR count). The minimum atomic E-state index is 1.40. The highest BCUT2D eigenvalue weighted by Crippen LogP contribution is 2.29. The van der Waals surface area contributed by atoms with Crippen molar-refractivity contribution in [2.24, 2.45) is 0 Å². The fourth-order valence-corrected chi connectivity index (χ4v) is 0.125. The predicted octanol–water partition coefficient (Wildman–Crippen LogP) is 1.37. The van der Waals surface area contributed by atoms with Crippen molar-refractivity contribution in [3.05, 3.63) is 5.92 Å². The van der Waals surface area contributed by atoms with E-state index in [-0.39, 0.29) is 0 Å². The van der Waals surface area contributed by atoms with E-state index < -0.39 is 0 Å². The first-order chi connectivity index (χ1) is 1.89. The van der Waals surface area contributed by atoms with Crippen LogP contribution in [0.25, 0.3) is 0 Å². The molecule has 0 aromatic heterocycles. The molecule has 0 aromatic carbocycles. The molecule has 0 heteroatoms. The zero-order chi connectivity index (χ0) is 2.99. The molecule has 0 amide bonds. The summed E-state index contributed by atoms with van der Waals surface area (Å²) in [5, 5.41) is 0. The normalized spacial score (nSPS) is 26.2. The molecule has 0 unspecified atom stereocenters. The maximum atomic E-state index is 2.19. The van der Waals surface area contributed by atoms with E-state index in [0.29, 0.717) is 0 Å². The van der Waals surface area contributed by atoms with Gasteiger partial charge >= 0.3 is 0 Å². The number of rotatable bonds is 0. The largest absolute Gasteiger partial charge is 0.321 e. The average Bonchev–Trinajstić information content (AvgIpc) is 1.75. The van der Waals surface area contributed by atoms with Gasteiger partial charge in [-0.2, -0.15) is 6.92 Å². The van der Waals surface area contributed by atoms with Crippen molar-refractivity contribution in [3.8, 4) is 0 Å². The van der Waals surface area contributed by atoms with Crippen molar-refractivity contribution in [1.29, 1.82) is 0 Å². The van der Waals surface area contributed by atoms with E-state index in [1.54, 1.807) is 5.92 Å². The summed E-state index contributed by atoms with van der Waals surface area (Å²) in [6.45, 7) is 2.19. The summed E-state index contributed by atoms with van der Waals surface area (Å²) in [5.41, 5.74) is 0. The Morgan fingerprint density at radius 2 is 1.75 bits per heavy atom. The van der Waals surface area contributed by atoms with Crippen LogP contribution in [0.1, 0.15) is 19.8 Å². The molecule has 24 valence electrons. The highest BCUT2D eigenvalue weighted by atomic mass is 14.2. The Morgan fingerprint density at radius 3 is 1.75 bits per heavy atom. The molecule has 0 aromatic rings. The molecule has 1 fully saturated rings. The summed E-state index contributed by atoms with van der Waals surface area (Å²) in [6.07, 6.45) is 2.81. The molecular formula is C4H7-. The minimum Gasteiger partial charge on any atom is -0.321 e. The molecule has 1 aliphatic rings. The van der Waals surface area contributed by atoms with Gasteiger partial charge in [-0.1, -0.05) is 0 Å². The summed E-state index contributed by atoms with van der Waals surface area (Å²) >= 11 is 0. The van der Waals surface area contributed by atoms with Crippen LogP contribution in [0.5, 0.6) is 0 Å². The van der Waals surface area contributed by atoms with Gasteiger partial charge in [-0.3, -0.25) is 0 Å². The lowest BCUT2D eigenvalue weighted by molar-refractivity contribution is 1.39. The smallest absolute Gasteiger partial charge is 0.189 e. The third kappa shape index (κ3) is 0.222. The number of hydrogen-bond acceptors (Lipinski definition) is 0. The van der Waals surface area contributed by atoms with Crippen molar-refractivity contribution in [1.82, 2.24) is 0 Å². The Bertz CT molecular complexity index is 19.2. The van der Waals surface area contributed by atoms with Gasteiger partial charge in [0.2, 0.25) is 0 Å². The van der Waals surface area contributed by atoms with E-state index in [9.17, 15) is 0 Å². The van der Waals surface area contributed by atoms with E-state index >= 15 is 0 Å². The van der Waals surface area contributed by atoms with Crippen LogP contribution in [0, 0.1) is 5.92 Å². The van der Waals surface area contributed by atoms with Crippen molar-refractivity contribution in [3.63, 3.8) is 0 Å². The van der Waals surface area contributed by atoms with Crippen LogP contribution >= 0.6 is 0 Å². The molecule has 0 radical (unpaired) electrons. The van der Waals surface area contributed by atoms with Crippen molar-refractivity contribution in [2.45, 2.75) is 19.8 Å². The van der Waals surface area contributed by atoms with Gasteiger partial charge in [-0.15, -0.1) is 0 Å². The molecule has 0 aliphatic heterocycles. The predicted molar refractivity (Wildman–Crippen MR) is 18.2 cm³/mol.